The molecule has 0 spiro atoms. The lowest BCUT2D eigenvalue weighted by Crippen LogP contribution is -2.06. The summed E-state index contributed by atoms with van der Waals surface area (Å²) < 4.78 is 1.74. The van der Waals surface area contributed by atoms with Crippen molar-refractivity contribution in [3.05, 3.63) is 59.1 Å². The highest BCUT2D eigenvalue weighted by molar-refractivity contribution is 6.35. The van der Waals surface area contributed by atoms with Crippen LogP contribution in [0.15, 0.2) is 48.5 Å². The van der Waals surface area contributed by atoms with Crippen LogP contribution in [0.4, 0.5) is 5.69 Å². The Labute approximate surface area is 127 Å². The molecule has 1 aromatic heterocycles. The lowest BCUT2D eigenvalue weighted by molar-refractivity contribution is 0.594. The fourth-order valence-corrected chi connectivity index (χ4v) is 2.36. The lowest BCUT2D eigenvalue weighted by atomic mass is 10.1. The minimum Gasteiger partial charge on any atom is -0.398 e. The SMILES string of the molecule is Nc1cccc(-c2nnnn2CCc2ccccc2)c1Cl. The minimum absolute atomic E-state index is 0.480. The molecule has 2 aromatic carbocycles. The van der Waals surface area contributed by atoms with Crippen LogP contribution in [-0.2, 0) is 13.0 Å². The van der Waals surface area contributed by atoms with Crippen LogP contribution in [-0.4, -0.2) is 20.2 Å². The predicted octanol–water partition coefficient (Wildman–Crippen LogP) is 2.82. The summed E-state index contributed by atoms with van der Waals surface area (Å²) in [4.78, 5) is 0. The molecular weight excluding hydrogens is 286 g/mol. The third kappa shape index (κ3) is 2.87. The first-order valence-corrected chi connectivity index (χ1v) is 6.98. The highest BCUT2D eigenvalue weighted by Gasteiger charge is 2.13. The number of hydrogen-bond acceptors (Lipinski definition) is 4. The Balaban J connectivity index is 1.86. The minimum atomic E-state index is 0.480. The first-order chi connectivity index (χ1) is 10.3. The maximum absolute atomic E-state index is 6.24. The van der Waals surface area contributed by atoms with Crippen molar-refractivity contribution in [1.82, 2.24) is 20.2 Å². The molecule has 0 atom stereocenters. The normalized spacial score (nSPS) is 10.7. The summed E-state index contributed by atoms with van der Waals surface area (Å²) in [5, 5.41) is 12.3. The molecule has 0 aliphatic heterocycles. The number of aryl methyl sites for hydroxylation is 2. The molecule has 3 rings (SSSR count). The van der Waals surface area contributed by atoms with E-state index in [1.807, 2.05) is 30.3 Å². The number of nitrogens with zero attached hydrogens (tertiary/aromatic N) is 4. The number of nitrogen functional groups attached to an aromatic ring is 1. The van der Waals surface area contributed by atoms with Gasteiger partial charge in [0.2, 0.25) is 0 Å². The Morgan fingerprint density at radius 1 is 1.05 bits per heavy atom. The second kappa shape index (κ2) is 5.93. The maximum atomic E-state index is 6.24. The Kier molecular flexibility index (Phi) is 3.83. The van der Waals surface area contributed by atoms with E-state index in [1.165, 1.54) is 5.56 Å². The standard InChI is InChI=1S/C15H14ClN5/c16-14-12(7-4-8-13(14)17)15-18-19-20-21(15)10-9-11-5-2-1-3-6-11/h1-8H,9-10,17H2. The van der Waals surface area contributed by atoms with Gasteiger partial charge in [-0.15, -0.1) is 5.10 Å². The molecule has 3 aromatic rings. The van der Waals surface area contributed by atoms with Gasteiger partial charge in [0, 0.05) is 12.1 Å². The van der Waals surface area contributed by atoms with Crippen LogP contribution in [0.2, 0.25) is 5.02 Å². The third-order valence-electron chi connectivity index (χ3n) is 3.26. The van der Waals surface area contributed by atoms with Crippen molar-refractivity contribution in [2.75, 3.05) is 5.73 Å². The smallest absolute Gasteiger partial charge is 0.183 e. The summed E-state index contributed by atoms with van der Waals surface area (Å²) in [7, 11) is 0. The van der Waals surface area contributed by atoms with Crippen molar-refractivity contribution >= 4 is 17.3 Å². The number of anilines is 1. The molecule has 2 N–H and O–H groups in total. The molecule has 106 valence electrons. The van der Waals surface area contributed by atoms with Crippen molar-refractivity contribution in [3.63, 3.8) is 0 Å². The number of rotatable bonds is 4. The zero-order chi connectivity index (χ0) is 14.7. The summed E-state index contributed by atoms with van der Waals surface area (Å²) in [5.41, 5.74) is 8.33. The van der Waals surface area contributed by atoms with E-state index in [0.717, 1.165) is 12.0 Å². The molecule has 21 heavy (non-hydrogen) atoms. The Bertz CT molecular complexity index is 739. The summed E-state index contributed by atoms with van der Waals surface area (Å²) in [6.45, 7) is 0.678. The predicted molar refractivity (Wildman–Crippen MR) is 82.8 cm³/mol. The first-order valence-electron chi connectivity index (χ1n) is 6.60. The van der Waals surface area contributed by atoms with Crippen LogP contribution >= 0.6 is 11.6 Å². The number of benzene rings is 2. The number of aromatic nitrogens is 4. The van der Waals surface area contributed by atoms with Gasteiger partial charge in [-0.25, -0.2) is 4.68 Å². The van der Waals surface area contributed by atoms with Crippen molar-refractivity contribution in [1.29, 1.82) is 0 Å². The van der Waals surface area contributed by atoms with Gasteiger partial charge in [-0.2, -0.15) is 0 Å². The van der Waals surface area contributed by atoms with E-state index < -0.39 is 0 Å². The lowest BCUT2D eigenvalue weighted by Gasteiger charge is -2.07. The van der Waals surface area contributed by atoms with Gasteiger partial charge in [0.1, 0.15) is 0 Å². The van der Waals surface area contributed by atoms with Gasteiger partial charge in [0.25, 0.3) is 0 Å². The molecule has 0 saturated carbocycles. The van der Waals surface area contributed by atoms with Crippen molar-refractivity contribution in [2.24, 2.45) is 0 Å². The molecular formula is C15H14ClN5. The van der Waals surface area contributed by atoms with Gasteiger partial charge in [-0.1, -0.05) is 48.0 Å². The van der Waals surface area contributed by atoms with E-state index in [1.54, 1.807) is 10.7 Å². The van der Waals surface area contributed by atoms with Crippen molar-refractivity contribution < 1.29 is 0 Å². The topological polar surface area (TPSA) is 69.6 Å². The van der Waals surface area contributed by atoms with Gasteiger partial charge in [-0.3, -0.25) is 0 Å². The Hall–Kier alpha value is -2.40. The molecule has 0 unspecified atom stereocenters. The second-order valence-electron chi connectivity index (χ2n) is 4.67. The Morgan fingerprint density at radius 2 is 1.86 bits per heavy atom. The van der Waals surface area contributed by atoms with Gasteiger partial charge in [-0.05, 0) is 34.5 Å². The molecule has 0 amide bonds. The van der Waals surface area contributed by atoms with Gasteiger partial charge in [0.05, 0.1) is 10.7 Å². The molecule has 5 nitrogen and oxygen atoms in total. The highest BCUT2D eigenvalue weighted by Crippen LogP contribution is 2.30. The molecule has 0 saturated heterocycles. The van der Waals surface area contributed by atoms with Crippen LogP contribution in [0.1, 0.15) is 5.56 Å². The molecule has 6 heteroatoms. The number of halogens is 1. The van der Waals surface area contributed by atoms with Gasteiger partial charge in [0.15, 0.2) is 5.82 Å². The fourth-order valence-electron chi connectivity index (χ4n) is 2.15. The van der Waals surface area contributed by atoms with E-state index in [9.17, 15) is 0 Å². The molecule has 0 fully saturated rings. The number of nitrogens with two attached hydrogens (primary N) is 1. The molecule has 1 heterocycles. The number of hydrogen-bond donors (Lipinski definition) is 1. The average Bonchev–Trinajstić information content (AvgIpc) is 2.97. The highest BCUT2D eigenvalue weighted by atomic mass is 35.5. The molecule has 0 bridgehead atoms. The Morgan fingerprint density at radius 3 is 2.67 bits per heavy atom. The maximum Gasteiger partial charge on any atom is 0.183 e. The average molecular weight is 300 g/mol. The van der Waals surface area contributed by atoms with Crippen LogP contribution in [0, 0.1) is 0 Å². The molecule has 0 aliphatic carbocycles. The third-order valence-corrected chi connectivity index (χ3v) is 3.68. The molecule has 0 aliphatic rings. The monoisotopic (exact) mass is 299 g/mol. The second-order valence-corrected chi connectivity index (χ2v) is 5.05. The summed E-state index contributed by atoms with van der Waals surface area (Å²) >= 11 is 6.24. The van der Waals surface area contributed by atoms with Gasteiger partial charge < -0.3 is 5.73 Å². The largest absolute Gasteiger partial charge is 0.398 e. The van der Waals surface area contributed by atoms with E-state index in [0.29, 0.717) is 23.1 Å². The van der Waals surface area contributed by atoms with E-state index in [-0.39, 0.29) is 0 Å². The van der Waals surface area contributed by atoms with Crippen LogP contribution in [0.3, 0.4) is 0 Å². The van der Waals surface area contributed by atoms with E-state index in [2.05, 4.69) is 27.7 Å². The zero-order valence-electron chi connectivity index (χ0n) is 11.3. The van der Waals surface area contributed by atoms with Crippen LogP contribution in [0.5, 0.6) is 0 Å². The van der Waals surface area contributed by atoms with Crippen molar-refractivity contribution in [2.45, 2.75) is 13.0 Å². The van der Waals surface area contributed by atoms with Crippen LogP contribution in [0.25, 0.3) is 11.4 Å². The van der Waals surface area contributed by atoms with E-state index in [4.69, 9.17) is 17.3 Å². The summed E-state index contributed by atoms with van der Waals surface area (Å²) in [6.07, 6.45) is 0.846. The zero-order valence-corrected chi connectivity index (χ0v) is 12.0. The van der Waals surface area contributed by atoms with Gasteiger partial charge >= 0.3 is 0 Å². The summed E-state index contributed by atoms with van der Waals surface area (Å²) in [5.74, 6) is 0.628. The fraction of sp³-hybridized carbons (Fsp3) is 0.133. The van der Waals surface area contributed by atoms with Crippen molar-refractivity contribution in [3.8, 4) is 11.4 Å². The number of tetrazole rings is 1. The quantitative estimate of drug-likeness (QED) is 0.752. The van der Waals surface area contributed by atoms with Crippen LogP contribution < -0.4 is 5.73 Å². The first kappa shape index (κ1) is 13.6. The molecule has 0 radical (unpaired) electrons. The summed E-state index contributed by atoms with van der Waals surface area (Å²) in [6, 6.07) is 15.7. The van der Waals surface area contributed by atoms with E-state index >= 15 is 0 Å².